The van der Waals surface area contributed by atoms with Crippen molar-refractivity contribution in [2.75, 3.05) is 0 Å². The van der Waals surface area contributed by atoms with Crippen LogP contribution in [0.15, 0.2) is 54.6 Å². The molecule has 0 aliphatic heterocycles. The fraction of sp³-hybridized carbons (Fsp3) is 0.292. The summed E-state index contributed by atoms with van der Waals surface area (Å²) >= 11 is 0. The Hall–Kier alpha value is -2.41. The van der Waals surface area contributed by atoms with Gasteiger partial charge in [-0.15, -0.1) is 0 Å². The van der Waals surface area contributed by atoms with E-state index in [1.165, 1.54) is 44.9 Å². The van der Waals surface area contributed by atoms with Gasteiger partial charge in [0.05, 0.1) is 0 Å². The third kappa shape index (κ3) is 3.37. The Bertz CT molecular complexity index is 843. The van der Waals surface area contributed by atoms with Crippen molar-refractivity contribution >= 4 is 0 Å². The van der Waals surface area contributed by atoms with E-state index in [0.717, 1.165) is 12.8 Å². The zero-order valence-corrected chi connectivity index (χ0v) is 16.1. The molecule has 0 saturated carbocycles. The monoisotopic (exact) mass is 330 g/mol. The fourth-order valence-electron chi connectivity index (χ4n) is 3.59. The van der Waals surface area contributed by atoms with E-state index in [0.29, 0.717) is 0 Å². The second-order valence-electron chi connectivity index (χ2n) is 6.88. The van der Waals surface area contributed by atoms with Crippen LogP contribution >= 0.6 is 0 Å². The van der Waals surface area contributed by atoms with Crippen molar-refractivity contribution in [3.63, 3.8) is 0 Å². The second kappa shape index (κ2) is 7.23. The zero-order valence-electron chi connectivity index (χ0n) is 16.1. The first kappa shape index (κ1) is 17.4. The third-order valence-corrected chi connectivity index (χ3v) is 4.99. The predicted molar refractivity (Wildman–Crippen MR) is 106 cm³/mol. The fourth-order valence-corrected chi connectivity index (χ4v) is 3.59. The molecule has 1 nitrogen and oxygen atoms in total. The van der Waals surface area contributed by atoms with Gasteiger partial charge in [-0.3, -0.25) is 0 Å². The van der Waals surface area contributed by atoms with Crippen LogP contribution in [-0.4, -0.2) is 0 Å². The van der Waals surface area contributed by atoms with Gasteiger partial charge >= 0.3 is 0 Å². The van der Waals surface area contributed by atoms with E-state index in [9.17, 15) is 0 Å². The van der Waals surface area contributed by atoms with Crippen LogP contribution in [0.3, 0.4) is 0 Å². The minimum Gasteiger partial charge on any atom is -0.161 e. The quantitative estimate of drug-likeness (QED) is 0.542. The van der Waals surface area contributed by atoms with Crippen molar-refractivity contribution in [1.29, 1.82) is 0 Å². The lowest BCUT2D eigenvalue weighted by atomic mass is 10.00. The van der Waals surface area contributed by atoms with Gasteiger partial charge in [-0.2, -0.15) is 4.57 Å². The molecule has 0 atom stereocenters. The third-order valence-electron chi connectivity index (χ3n) is 4.99. The number of aromatic nitrogens is 1. The highest BCUT2D eigenvalue weighted by Gasteiger charge is 2.23. The molecule has 0 radical (unpaired) electrons. The lowest BCUT2D eigenvalue weighted by Crippen LogP contribution is -2.41. The summed E-state index contributed by atoms with van der Waals surface area (Å²) in [5, 5.41) is 0. The van der Waals surface area contributed by atoms with E-state index in [2.05, 4.69) is 93.8 Å². The Kier molecular flexibility index (Phi) is 5.03. The standard InChI is InChI=1S/C24H28N/c1-6-22-15-21(20-13-11-17(3)12-14-20)16-23(7-2)25(22)24-18(4)9-8-10-19(24)5/h8-16H,6-7H2,1-5H3/q+1. The number of pyridine rings is 1. The number of nitrogens with zero attached hydrogens (tertiary/aromatic N) is 1. The minimum absolute atomic E-state index is 1.01. The SMILES string of the molecule is CCc1cc(-c2ccc(C)cc2)cc(CC)[n+]1-c1c(C)cccc1C. The van der Waals surface area contributed by atoms with Gasteiger partial charge in [0.2, 0.25) is 5.69 Å². The molecule has 3 rings (SSSR count). The summed E-state index contributed by atoms with van der Waals surface area (Å²) in [5.41, 5.74) is 10.7. The molecular formula is C24H28N+. The summed E-state index contributed by atoms with van der Waals surface area (Å²) < 4.78 is 2.47. The number of hydrogen-bond acceptors (Lipinski definition) is 0. The van der Waals surface area contributed by atoms with Crippen molar-refractivity contribution in [2.24, 2.45) is 0 Å². The molecule has 0 fully saturated rings. The van der Waals surface area contributed by atoms with Gasteiger partial charge < -0.3 is 0 Å². The lowest BCUT2D eigenvalue weighted by molar-refractivity contribution is -0.613. The molecule has 128 valence electrons. The van der Waals surface area contributed by atoms with Crippen molar-refractivity contribution in [2.45, 2.75) is 47.5 Å². The highest BCUT2D eigenvalue weighted by Crippen LogP contribution is 2.24. The van der Waals surface area contributed by atoms with E-state index in [1.807, 2.05) is 0 Å². The molecule has 0 spiro atoms. The largest absolute Gasteiger partial charge is 0.216 e. The summed E-state index contributed by atoms with van der Waals surface area (Å²) in [6.07, 6.45) is 2.03. The van der Waals surface area contributed by atoms with Crippen LogP contribution in [0, 0.1) is 20.8 Å². The Morgan fingerprint density at radius 2 is 1.20 bits per heavy atom. The zero-order chi connectivity index (χ0) is 18.0. The molecule has 1 heteroatoms. The van der Waals surface area contributed by atoms with Gasteiger partial charge in [0.25, 0.3) is 0 Å². The molecule has 3 aromatic rings. The van der Waals surface area contributed by atoms with Crippen molar-refractivity contribution in [3.8, 4) is 16.8 Å². The minimum atomic E-state index is 1.01. The molecular weight excluding hydrogens is 302 g/mol. The molecule has 25 heavy (non-hydrogen) atoms. The number of para-hydroxylation sites is 1. The molecule has 0 unspecified atom stereocenters. The number of aryl methyl sites for hydroxylation is 5. The molecule has 0 N–H and O–H groups in total. The van der Waals surface area contributed by atoms with Gasteiger partial charge in [0.1, 0.15) is 0 Å². The van der Waals surface area contributed by atoms with Crippen LogP contribution in [0.2, 0.25) is 0 Å². The maximum absolute atomic E-state index is 2.47. The maximum atomic E-state index is 2.47. The van der Waals surface area contributed by atoms with Crippen molar-refractivity contribution < 1.29 is 4.57 Å². The second-order valence-corrected chi connectivity index (χ2v) is 6.88. The molecule has 0 aliphatic rings. The van der Waals surface area contributed by atoms with E-state index in [4.69, 9.17) is 0 Å². The summed E-state index contributed by atoms with van der Waals surface area (Å²) in [5.74, 6) is 0. The Morgan fingerprint density at radius 3 is 1.68 bits per heavy atom. The van der Waals surface area contributed by atoms with Crippen LogP contribution in [-0.2, 0) is 12.8 Å². The van der Waals surface area contributed by atoms with E-state index >= 15 is 0 Å². The number of rotatable bonds is 4. The Morgan fingerprint density at radius 1 is 0.680 bits per heavy atom. The van der Waals surface area contributed by atoms with E-state index in [1.54, 1.807) is 0 Å². The summed E-state index contributed by atoms with van der Waals surface area (Å²) in [6, 6.07) is 20.1. The average molecular weight is 330 g/mol. The van der Waals surface area contributed by atoms with Crippen LogP contribution in [0.4, 0.5) is 0 Å². The van der Waals surface area contributed by atoms with Crippen LogP contribution in [0.25, 0.3) is 16.8 Å². The maximum Gasteiger partial charge on any atom is 0.216 e. The number of benzene rings is 2. The Labute approximate surface area is 152 Å². The Balaban J connectivity index is 2.25. The summed E-state index contributed by atoms with van der Waals surface area (Å²) in [7, 11) is 0. The molecule has 1 heterocycles. The number of hydrogen-bond donors (Lipinski definition) is 0. The van der Waals surface area contributed by atoms with Gasteiger partial charge in [-0.25, -0.2) is 0 Å². The first-order chi connectivity index (χ1) is 12.0. The van der Waals surface area contributed by atoms with Gasteiger partial charge in [-0.1, -0.05) is 61.9 Å². The normalized spacial score (nSPS) is 10.9. The van der Waals surface area contributed by atoms with Crippen LogP contribution < -0.4 is 4.57 Å². The highest BCUT2D eigenvalue weighted by atomic mass is 15.0. The van der Waals surface area contributed by atoms with E-state index in [-0.39, 0.29) is 0 Å². The average Bonchev–Trinajstić information content (AvgIpc) is 2.62. The van der Waals surface area contributed by atoms with Crippen LogP contribution in [0.1, 0.15) is 41.9 Å². The van der Waals surface area contributed by atoms with Gasteiger partial charge in [0.15, 0.2) is 11.4 Å². The lowest BCUT2D eigenvalue weighted by Gasteiger charge is -2.13. The topological polar surface area (TPSA) is 3.88 Å². The first-order valence-electron chi connectivity index (χ1n) is 9.26. The van der Waals surface area contributed by atoms with Crippen molar-refractivity contribution in [3.05, 3.63) is 82.7 Å². The van der Waals surface area contributed by atoms with Gasteiger partial charge in [0, 0.05) is 36.1 Å². The molecule has 0 saturated heterocycles. The first-order valence-corrected chi connectivity index (χ1v) is 9.26. The summed E-state index contributed by atoms with van der Waals surface area (Å²) in [6.45, 7) is 11.1. The molecule has 0 bridgehead atoms. The van der Waals surface area contributed by atoms with Crippen molar-refractivity contribution in [1.82, 2.24) is 0 Å². The molecule has 0 amide bonds. The highest BCUT2D eigenvalue weighted by molar-refractivity contribution is 5.64. The van der Waals surface area contributed by atoms with Gasteiger partial charge in [-0.05, 0) is 31.9 Å². The van der Waals surface area contributed by atoms with E-state index < -0.39 is 0 Å². The van der Waals surface area contributed by atoms with Crippen LogP contribution in [0.5, 0.6) is 0 Å². The molecule has 1 aromatic heterocycles. The summed E-state index contributed by atoms with van der Waals surface area (Å²) in [4.78, 5) is 0. The molecule has 0 aliphatic carbocycles. The predicted octanol–water partition coefficient (Wildman–Crippen LogP) is 5.68. The molecule has 2 aromatic carbocycles. The smallest absolute Gasteiger partial charge is 0.161 e.